The minimum atomic E-state index is -6.46. The highest BCUT2D eigenvalue weighted by Gasteiger charge is 2.75. The van der Waals surface area contributed by atoms with Crippen LogP contribution in [0.15, 0.2) is 29.2 Å². The summed E-state index contributed by atoms with van der Waals surface area (Å²) in [5, 5.41) is 9.17. The fourth-order valence-corrected chi connectivity index (χ4v) is 1.76. The highest BCUT2D eigenvalue weighted by molar-refractivity contribution is 7.98. The monoisotopic (exact) mass is 322 g/mol. The third kappa shape index (κ3) is 2.88. The summed E-state index contributed by atoms with van der Waals surface area (Å²) in [6, 6.07) is 4.20. The maximum absolute atomic E-state index is 13.2. The summed E-state index contributed by atoms with van der Waals surface area (Å²) < 4.78 is 87.9. The molecule has 1 rings (SSSR count). The average molecular weight is 322 g/mol. The van der Waals surface area contributed by atoms with Crippen molar-refractivity contribution in [1.82, 2.24) is 0 Å². The number of aliphatic hydroxyl groups excluding tert-OH is 1. The van der Waals surface area contributed by atoms with E-state index in [-0.39, 0.29) is 0 Å². The summed E-state index contributed by atoms with van der Waals surface area (Å²) >= 11 is 1.21. The topological polar surface area (TPSA) is 20.2 Å². The lowest BCUT2D eigenvalue weighted by molar-refractivity contribution is -0.372. The smallest absolute Gasteiger partial charge is 0.382 e. The summed E-state index contributed by atoms with van der Waals surface area (Å²) in [4.78, 5) is 0.576. The van der Waals surface area contributed by atoms with E-state index in [4.69, 9.17) is 0 Å². The van der Waals surface area contributed by atoms with Crippen LogP contribution in [-0.4, -0.2) is 29.4 Å². The molecule has 0 heterocycles. The number of benzene rings is 1. The first kappa shape index (κ1) is 17.1. The Bertz CT molecular complexity index is 455. The first-order valence-electron chi connectivity index (χ1n) is 5.09. The van der Waals surface area contributed by atoms with Crippen LogP contribution in [0.25, 0.3) is 0 Å². The van der Waals surface area contributed by atoms with Crippen molar-refractivity contribution in [1.29, 1.82) is 0 Å². The number of halogens is 7. The Balaban J connectivity index is 3.13. The Morgan fingerprint density at radius 1 is 0.950 bits per heavy atom. The van der Waals surface area contributed by atoms with Gasteiger partial charge >= 0.3 is 18.0 Å². The van der Waals surface area contributed by atoms with Gasteiger partial charge in [0, 0.05) is 4.90 Å². The zero-order valence-corrected chi connectivity index (χ0v) is 10.7. The summed E-state index contributed by atoms with van der Waals surface area (Å²) in [7, 11) is 0. The molecule has 0 amide bonds. The SMILES string of the molecule is CSc1ccc(C(O)C(F)(F)C(F)(F)C(F)(F)F)cc1. The minimum absolute atomic E-state index is 0.576. The predicted molar refractivity (Wildman–Crippen MR) is 59.1 cm³/mol. The lowest BCUT2D eigenvalue weighted by atomic mass is 9.98. The van der Waals surface area contributed by atoms with Crippen LogP contribution >= 0.6 is 11.8 Å². The summed E-state index contributed by atoms with van der Waals surface area (Å²) in [6.07, 6.45) is -8.08. The van der Waals surface area contributed by atoms with Crippen LogP contribution in [0.1, 0.15) is 11.7 Å². The molecule has 0 radical (unpaired) electrons. The average Bonchev–Trinajstić information content (AvgIpc) is 2.36. The van der Waals surface area contributed by atoms with Crippen molar-refractivity contribution in [3.63, 3.8) is 0 Å². The fraction of sp³-hybridized carbons (Fsp3) is 0.455. The van der Waals surface area contributed by atoms with E-state index in [0.29, 0.717) is 4.90 Å². The molecule has 1 aromatic rings. The molecule has 1 atom stereocenters. The van der Waals surface area contributed by atoms with Crippen molar-refractivity contribution in [3.8, 4) is 0 Å². The molecular weight excluding hydrogens is 313 g/mol. The standard InChI is InChI=1S/C11H9F7OS/c1-20-7-4-2-6(3-5-7)8(19)9(12,13)10(14,15)11(16,17)18/h2-5,8,19H,1H3. The van der Waals surface area contributed by atoms with Crippen LogP contribution in [0.3, 0.4) is 0 Å². The van der Waals surface area contributed by atoms with Crippen molar-refractivity contribution in [2.45, 2.75) is 29.0 Å². The van der Waals surface area contributed by atoms with Gasteiger partial charge in [-0.2, -0.15) is 30.7 Å². The molecule has 1 nitrogen and oxygen atoms in total. The van der Waals surface area contributed by atoms with Gasteiger partial charge in [-0.3, -0.25) is 0 Å². The predicted octanol–water partition coefficient (Wildman–Crippen LogP) is 4.27. The van der Waals surface area contributed by atoms with Gasteiger partial charge in [0.2, 0.25) is 0 Å². The van der Waals surface area contributed by atoms with Crippen LogP contribution in [0.2, 0.25) is 0 Å². The van der Waals surface area contributed by atoms with Crippen molar-refractivity contribution in [3.05, 3.63) is 29.8 Å². The molecule has 0 aliphatic carbocycles. The normalized spacial score (nSPS) is 15.2. The summed E-state index contributed by atoms with van der Waals surface area (Å²) in [5.74, 6) is -12.0. The van der Waals surface area contributed by atoms with Crippen molar-refractivity contribution in [2.24, 2.45) is 0 Å². The second-order valence-electron chi connectivity index (χ2n) is 3.87. The number of aliphatic hydroxyl groups is 1. The van der Waals surface area contributed by atoms with Crippen LogP contribution in [0.5, 0.6) is 0 Å². The third-order valence-corrected chi connectivity index (χ3v) is 3.29. The van der Waals surface area contributed by atoms with E-state index in [9.17, 15) is 35.8 Å². The number of alkyl halides is 7. The van der Waals surface area contributed by atoms with Crippen molar-refractivity contribution >= 4 is 11.8 Å². The maximum atomic E-state index is 13.2. The second-order valence-corrected chi connectivity index (χ2v) is 4.75. The van der Waals surface area contributed by atoms with Crippen molar-refractivity contribution in [2.75, 3.05) is 6.26 Å². The van der Waals surface area contributed by atoms with Crippen LogP contribution in [-0.2, 0) is 0 Å². The van der Waals surface area contributed by atoms with Crippen molar-refractivity contribution < 1.29 is 35.8 Å². The highest BCUT2D eigenvalue weighted by atomic mass is 32.2. The van der Waals surface area contributed by atoms with Gasteiger partial charge in [0.25, 0.3) is 0 Å². The first-order valence-corrected chi connectivity index (χ1v) is 6.32. The maximum Gasteiger partial charge on any atom is 0.459 e. The number of thioether (sulfide) groups is 1. The third-order valence-electron chi connectivity index (χ3n) is 2.55. The molecule has 0 saturated heterocycles. The van der Waals surface area contributed by atoms with Crippen LogP contribution < -0.4 is 0 Å². The molecule has 0 aromatic heterocycles. The number of hydrogen-bond donors (Lipinski definition) is 1. The molecule has 0 aliphatic rings. The van der Waals surface area contributed by atoms with E-state index in [1.807, 2.05) is 0 Å². The quantitative estimate of drug-likeness (QED) is 0.660. The fourth-order valence-electron chi connectivity index (χ4n) is 1.36. The molecule has 0 fully saturated rings. The molecule has 1 N–H and O–H groups in total. The molecule has 0 bridgehead atoms. The van der Waals surface area contributed by atoms with Gasteiger partial charge in [-0.1, -0.05) is 12.1 Å². The zero-order chi connectivity index (χ0) is 15.8. The largest absolute Gasteiger partial charge is 0.459 e. The Labute approximate surface area is 113 Å². The Morgan fingerprint density at radius 3 is 1.75 bits per heavy atom. The highest BCUT2D eigenvalue weighted by Crippen LogP contribution is 2.51. The number of hydrogen-bond acceptors (Lipinski definition) is 2. The van der Waals surface area contributed by atoms with Gasteiger partial charge < -0.3 is 5.11 Å². The van der Waals surface area contributed by atoms with E-state index in [2.05, 4.69) is 0 Å². The molecule has 0 aliphatic heterocycles. The van der Waals surface area contributed by atoms with Crippen LogP contribution in [0.4, 0.5) is 30.7 Å². The molecule has 1 unspecified atom stereocenters. The zero-order valence-electron chi connectivity index (χ0n) is 9.89. The minimum Gasteiger partial charge on any atom is -0.382 e. The van der Waals surface area contributed by atoms with E-state index in [0.717, 1.165) is 12.1 Å². The van der Waals surface area contributed by atoms with Gasteiger partial charge in [-0.05, 0) is 24.0 Å². The molecule has 9 heteroatoms. The van der Waals surface area contributed by atoms with Gasteiger partial charge in [0.1, 0.15) is 6.10 Å². The molecule has 20 heavy (non-hydrogen) atoms. The van der Waals surface area contributed by atoms with Gasteiger partial charge in [-0.15, -0.1) is 11.8 Å². The molecule has 0 spiro atoms. The Hall–Kier alpha value is -0.960. The van der Waals surface area contributed by atoms with Crippen LogP contribution in [0, 0.1) is 0 Å². The molecular formula is C11H9F7OS. The summed E-state index contributed by atoms with van der Waals surface area (Å²) in [5.41, 5.74) is -0.725. The van der Waals surface area contributed by atoms with E-state index >= 15 is 0 Å². The molecule has 1 aromatic carbocycles. The molecule has 114 valence electrons. The first-order chi connectivity index (χ1) is 8.95. The second kappa shape index (κ2) is 5.44. The Morgan fingerprint density at radius 2 is 1.40 bits per heavy atom. The lowest BCUT2D eigenvalue weighted by Gasteiger charge is -2.31. The number of rotatable bonds is 4. The van der Waals surface area contributed by atoms with E-state index < -0.39 is 29.7 Å². The van der Waals surface area contributed by atoms with Gasteiger partial charge in [0.15, 0.2) is 0 Å². The summed E-state index contributed by atoms with van der Waals surface area (Å²) in [6.45, 7) is 0. The Kier molecular flexibility index (Phi) is 4.65. The lowest BCUT2D eigenvalue weighted by Crippen LogP contribution is -2.54. The van der Waals surface area contributed by atoms with E-state index in [1.165, 1.54) is 23.9 Å². The molecule has 0 saturated carbocycles. The van der Waals surface area contributed by atoms with Gasteiger partial charge in [-0.25, -0.2) is 0 Å². The van der Waals surface area contributed by atoms with Gasteiger partial charge in [0.05, 0.1) is 0 Å². The van der Waals surface area contributed by atoms with E-state index in [1.54, 1.807) is 6.26 Å².